The first-order valence-corrected chi connectivity index (χ1v) is 10.9. The molecule has 0 amide bonds. The molecule has 2 aromatic carbocycles. The third kappa shape index (κ3) is 8.07. The van der Waals surface area contributed by atoms with Crippen LogP contribution in [-0.2, 0) is 9.09 Å². The first-order chi connectivity index (χ1) is 12.7. The Kier molecular flexibility index (Phi) is 9.30. The Morgan fingerprint density at radius 3 is 1.65 bits per heavy atom. The maximum absolute atomic E-state index is 13.1. The maximum Gasteiger partial charge on any atom is 0.587 e. The van der Waals surface area contributed by atoms with E-state index >= 15 is 0 Å². The second-order valence-electron chi connectivity index (χ2n) is 6.21. The molecule has 0 aliphatic carbocycles. The highest BCUT2D eigenvalue weighted by Crippen LogP contribution is 2.49. The number of phosphoric ester groups is 1. The van der Waals surface area contributed by atoms with Crippen LogP contribution in [0.2, 0.25) is 0 Å². The number of hydrogen-bond donors (Lipinski definition) is 0. The first-order valence-electron chi connectivity index (χ1n) is 9.46. The van der Waals surface area contributed by atoms with Gasteiger partial charge in [0.15, 0.2) is 0 Å². The fourth-order valence-electron chi connectivity index (χ4n) is 2.53. The highest BCUT2D eigenvalue weighted by atomic mass is 31.2. The van der Waals surface area contributed by atoms with Gasteiger partial charge < -0.3 is 9.05 Å². The standard InChI is InChI=1S/C21H29O4P/c1-2-3-4-5-6-7-14-19-23-26(22,24-20-15-10-8-11-16-20)25-21-17-12-9-13-18-21/h8-13,15-18H,2-7,14,19H2,1H3. The highest BCUT2D eigenvalue weighted by molar-refractivity contribution is 7.49. The number of rotatable bonds is 13. The van der Waals surface area contributed by atoms with E-state index in [1.54, 1.807) is 24.3 Å². The van der Waals surface area contributed by atoms with E-state index in [-0.39, 0.29) is 0 Å². The molecule has 0 saturated carbocycles. The lowest BCUT2D eigenvalue weighted by molar-refractivity contribution is 0.205. The maximum atomic E-state index is 13.1. The van der Waals surface area contributed by atoms with E-state index in [0.29, 0.717) is 18.1 Å². The van der Waals surface area contributed by atoms with Crippen LogP contribution in [0.3, 0.4) is 0 Å². The van der Waals surface area contributed by atoms with Crippen LogP contribution in [-0.4, -0.2) is 6.61 Å². The quantitative estimate of drug-likeness (QED) is 0.278. The van der Waals surface area contributed by atoms with Gasteiger partial charge in [-0.25, -0.2) is 4.57 Å². The Balaban J connectivity index is 1.85. The molecule has 4 nitrogen and oxygen atoms in total. The highest BCUT2D eigenvalue weighted by Gasteiger charge is 2.30. The van der Waals surface area contributed by atoms with Gasteiger partial charge in [-0.05, 0) is 30.7 Å². The topological polar surface area (TPSA) is 44.8 Å². The normalized spacial score (nSPS) is 11.3. The van der Waals surface area contributed by atoms with Crippen LogP contribution >= 0.6 is 7.82 Å². The Hall–Kier alpha value is -1.77. The van der Waals surface area contributed by atoms with Gasteiger partial charge in [-0.1, -0.05) is 81.8 Å². The van der Waals surface area contributed by atoms with Crippen molar-refractivity contribution in [3.63, 3.8) is 0 Å². The third-order valence-electron chi connectivity index (χ3n) is 3.92. The average Bonchev–Trinajstić information content (AvgIpc) is 2.65. The number of phosphoric acid groups is 1. The summed E-state index contributed by atoms with van der Waals surface area (Å²) in [6, 6.07) is 17.9. The second kappa shape index (κ2) is 11.8. The summed E-state index contributed by atoms with van der Waals surface area (Å²) in [4.78, 5) is 0. The molecule has 0 aliphatic heterocycles. The largest absolute Gasteiger partial charge is 0.587 e. The zero-order valence-corrected chi connectivity index (χ0v) is 16.4. The molecule has 2 aromatic rings. The van der Waals surface area contributed by atoms with Crippen LogP contribution in [0, 0.1) is 0 Å². The third-order valence-corrected chi connectivity index (χ3v) is 5.29. The van der Waals surface area contributed by atoms with E-state index in [0.717, 1.165) is 12.8 Å². The lowest BCUT2D eigenvalue weighted by atomic mass is 10.1. The van der Waals surface area contributed by atoms with Gasteiger partial charge in [-0.15, -0.1) is 0 Å². The summed E-state index contributed by atoms with van der Waals surface area (Å²) in [5.74, 6) is 0.928. The zero-order chi connectivity index (χ0) is 18.5. The minimum absolute atomic E-state index is 0.352. The van der Waals surface area contributed by atoms with Crippen LogP contribution in [0.15, 0.2) is 60.7 Å². The molecule has 0 bridgehead atoms. The Bertz CT molecular complexity index is 600. The van der Waals surface area contributed by atoms with Gasteiger partial charge in [0.25, 0.3) is 0 Å². The zero-order valence-electron chi connectivity index (χ0n) is 15.5. The van der Waals surface area contributed by atoms with Crippen LogP contribution in [0.4, 0.5) is 0 Å². The number of unbranched alkanes of at least 4 members (excludes halogenated alkanes) is 6. The second-order valence-corrected chi connectivity index (χ2v) is 7.73. The fraction of sp³-hybridized carbons (Fsp3) is 0.429. The molecule has 2 rings (SSSR count). The molecule has 26 heavy (non-hydrogen) atoms. The van der Waals surface area contributed by atoms with Crippen molar-refractivity contribution in [3.8, 4) is 11.5 Å². The van der Waals surface area contributed by atoms with Crippen LogP contribution in [0.25, 0.3) is 0 Å². The van der Waals surface area contributed by atoms with Gasteiger partial charge in [0.1, 0.15) is 11.5 Å². The van der Waals surface area contributed by atoms with Crippen LogP contribution in [0.1, 0.15) is 51.9 Å². The van der Waals surface area contributed by atoms with Crippen molar-refractivity contribution < 1.29 is 18.1 Å². The van der Waals surface area contributed by atoms with E-state index in [1.165, 1.54) is 32.1 Å². The smallest absolute Gasteiger partial charge is 0.395 e. The molecular weight excluding hydrogens is 347 g/mol. The van der Waals surface area contributed by atoms with E-state index < -0.39 is 7.82 Å². The van der Waals surface area contributed by atoms with E-state index in [1.807, 2.05) is 36.4 Å². The van der Waals surface area contributed by atoms with Crippen molar-refractivity contribution in [1.29, 1.82) is 0 Å². The lowest BCUT2D eigenvalue weighted by Gasteiger charge is -2.19. The summed E-state index contributed by atoms with van der Waals surface area (Å²) in [7, 11) is -3.73. The van der Waals surface area contributed by atoms with Crippen molar-refractivity contribution in [2.45, 2.75) is 51.9 Å². The molecule has 0 atom stereocenters. The predicted octanol–water partition coefficient (Wildman–Crippen LogP) is 7.02. The van der Waals surface area contributed by atoms with E-state index in [2.05, 4.69) is 6.92 Å². The summed E-state index contributed by atoms with van der Waals surface area (Å²) in [6.07, 6.45) is 8.14. The van der Waals surface area contributed by atoms with E-state index in [4.69, 9.17) is 13.6 Å². The predicted molar refractivity (Wildman–Crippen MR) is 106 cm³/mol. The summed E-state index contributed by atoms with van der Waals surface area (Å²) in [5, 5.41) is 0. The first kappa shape index (κ1) is 20.5. The van der Waals surface area contributed by atoms with Crippen LogP contribution < -0.4 is 9.05 Å². The Morgan fingerprint density at radius 2 is 1.15 bits per heavy atom. The van der Waals surface area contributed by atoms with Crippen molar-refractivity contribution >= 4 is 7.82 Å². The number of benzene rings is 2. The molecule has 0 saturated heterocycles. The molecule has 0 N–H and O–H groups in total. The van der Waals surface area contributed by atoms with Gasteiger partial charge in [0.05, 0.1) is 6.61 Å². The minimum Gasteiger partial charge on any atom is -0.395 e. The molecule has 0 aromatic heterocycles. The minimum atomic E-state index is -3.73. The van der Waals surface area contributed by atoms with E-state index in [9.17, 15) is 4.57 Å². The molecule has 0 aliphatic rings. The Labute approximate surface area is 157 Å². The van der Waals surface area contributed by atoms with Gasteiger partial charge in [-0.2, -0.15) is 0 Å². The summed E-state index contributed by atoms with van der Waals surface area (Å²) in [6.45, 7) is 2.57. The van der Waals surface area contributed by atoms with Crippen molar-refractivity contribution in [2.75, 3.05) is 6.61 Å². The van der Waals surface area contributed by atoms with Crippen molar-refractivity contribution in [1.82, 2.24) is 0 Å². The summed E-state index contributed by atoms with van der Waals surface area (Å²) >= 11 is 0. The average molecular weight is 376 g/mol. The molecule has 0 spiro atoms. The van der Waals surface area contributed by atoms with Gasteiger partial charge in [0, 0.05) is 0 Å². The van der Waals surface area contributed by atoms with Gasteiger partial charge in [0.2, 0.25) is 0 Å². The SMILES string of the molecule is CCCCCCCCCOP(=O)(Oc1ccccc1)Oc1ccccc1. The summed E-state index contributed by atoms with van der Waals surface area (Å²) < 4.78 is 29.8. The molecule has 5 heteroatoms. The van der Waals surface area contributed by atoms with Crippen molar-refractivity contribution in [2.24, 2.45) is 0 Å². The summed E-state index contributed by atoms with van der Waals surface area (Å²) in [5.41, 5.74) is 0. The van der Waals surface area contributed by atoms with Crippen molar-refractivity contribution in [3.05, 3.63) is 60.7 Å². The molecule has 0 unspecified atom stereocenters. The molecule has 0 heterocycles. The van der Waals surface area contributed by atoms with Gasteiger partial charge >= 0.3 is 7.82 Å². The fourth-order valence-corrected chi connectivity index (χ4v) is 3.78. The monoisotopic (exact) mass is 376 g/mol. The molecule has 142 valence electrons. The van der Waals surface area contributed by atoms with Gasteiger partial charge in [-0.3, -0.25) is 4.52 Å². The number of hydrogen-bond acceptors (Lipinski definition) is 4. The molecular formula is C21H29O4P. The number of para-hydroxylation sites is 2. The molecule has 0 fully saturated rings. The molecule has 0 radical (unpaired) electrons. The lowest BCUT2D eigenvalue weighted by Crippen LogP contribution is -2.06. The Morgan fingerprint density at radius 1 is 0.692 bits per heavy atom. The van der Waals surface area contributed by atoms with Crippen LogP contribution in [0.5, 0.6) is 11.5 Å².